The molecule has 0 bridgehead atoms. The van der Waals surface area contributed by atoms with E-state index in [9.17, 15) is 0 Å². The lowest BCUT2D eigenvalue weighted by atomic mass is 10.3. The number of hydrogen-bond donors (Lipinski definition) is 4. The highest BCUT2D eigenvalue weighted by atomic mass is 35.5. The molecule has 0 aliphatic rings. The van der Waals surface area contributed by atoms with Crippen LogP contribution in [0.1, 0.15) is 0 Å². The number of halogens is 2. The Hall–Kier alpha value is -2.98. The zero-order valence-electron chi connectivity index (χ0n) is 12.8. The van der Waals surface area contributed by atoms with E-state index in [1.54, 1.807) is 19.2 Å². The van der Waals surface area contributed by atoms with Crippen LogP contribution in [0.3, 0.4) is 0 Å². The van der Waals surface area contributed by atoms with Gasteiger partial charge in [-0.05, 0) is 47.5 Å². The summed E-state index contributed by atoms with van der Waals surface area (Å²) in [5, 5.41) is 8.91. The second-order valence-corrected chi connectivity index (χ2v) is 5.29. The molecule has 0 saturated carbocycles. The second-order valence-electron chi connectivity index (χ2n) is 4.62. The van der Waals surface area contributed by atoms with Crippen molar-refractivity contribution in [2.75, 3.05) is 28.7 Å². The molecular formula is C13H12Cl2N10. The molecule has 0 amide bonds. The summed E-state index contributed by atoms with van der Waals surface area (Å²) in [7, 11) is 1.69. The Labute approximate surface area is 152 Å². The maximum absolute atomic E-state index is 5.84. The molecule has 0 saturated heterocycles. The molecule has 0 aliphatic heterocycles. The number of nitrogens with two attached hydrogens (primary N) is 1. The molecule has 0 aliphatic carbocycles. The van der Waals surface area contributed by atoms with Crippen molar-refractivity contribution in [3.05, 3.63) is 34.8 Å². The summed E-state index contributed by atoms with van der Waals surface area (Å²) in [6.07, 6.45) is 0. The minimum atomic E-state index is 0.0142. The van der Waals surface area contributed by atoms with E-state index < -0.39 is 0 Å². The lowest BCUT2D eigenvalue weighted by Crippen LogP contribution is -2.04. The van der Waals surface area contributed by atoms with Crippen molar-refractivity contribution in [1.82, 2.24) is 29.9 Å². The predicted molar refractivity (Wildman–Crippen MR) is 96.6 cm³/mol. The molecule has 3 rings (SSSR count). The third-order valence-corrected chi connectivity index (χ3v) is 3.19. The predicted octanol–water partition coefficient (Wildman–Crippen LogP) is 2.47. The lowest BCUT2D eigenvalue weighted by molar-refractivity contribution is 1.05. The molecule has 3 aromatic rings. The van der Waals surface area contributed by atoms with Crippen LogP contribution in [0, 0.1) is 0 Å². The van der Waals surface area contributed by atoms with Crippen LogP contribution in [0.2, 0.25) is 10.6 Å². The second kappa shape index (κ2) is 7.28. The molecule has 10 nitrogen and oxygen atoms in total. The SMILES string of the molecule is CNc1nc(Cl)nc(Nc2ccc(Nc3nc(N)nc(Cl)n3)cc2)n1. The fourth-order valence-corrected chi connectivity index (χ4v) is 2.16. The van der Waals surface area contributed by atoms with Crippen LogP contribution in [0.5, 0.6) is 0 Å². The van der Waals surface area contributed by atoms with Crippen molar-refractivity contribution in [3.8, 4) is 0 Å². The molecular weight excluding hydrogens is 367 g/mol. The van der Waals surface area contributed by atoms with Crippen LogP contribution >= 0.6 is 23.2 Å². The van der Waals surface area contributed by atoms with Crippen molar-refractivity contribution < 1.29 is 0 Å². The van der Waals surface area contributed by atoms with Gasteiger partial charge in [-0.15, -0.1) is 0 Å². The Morgan fingerprint density at radius 2 is 1.20 bits per heavy atom. The van der Waals surface area contributed by atoms with Crippen LogP contribution in [-0.2, 0) is 0 Å². The molecule has 0 atom stereocenters. The number of nitrogens with one attached hydrogen (secondary N) is 3. The number of nitrogen functional groups attached to an aromatic ring is 1. The summed E-state index contributed by atoms with van der Waals surface area (Å²) >= 11 is 11.6. The molecule has 0 unspecified atom stereocenters. The van der Waals surface area contributed by atoms with E-state index in [-0.39, 0.29) is 22.5 Å². The molecule has 2 aromatic heterocycles. The Kier molecular flexibility index (Phi) is 4.91. The number of anilines is 6. The summed E-state index contributed by atoms with van der Waals surface area (Å²) in [5.74, 6) is 0.973. The minimum Gasteiger partial charge on any atom is -0.368 e. The Morgan fingerprint density at radius 3 is 1.72 bits per heavy atom. The molecule has 12 heteroatoms. The maximum Gasteiger partial charge on any atom is 0.233 e. The van der Waals surface area contributed by atoms with Crippen LogP contribution < -0.4 is 21.7 Å². The maximum atomic E-state index is 5.84. The van der Waals surface area contributed by atoms with Crippen molar-refractivity contribution >= 4 is 58.4 Å². The third kappa shape index (κ3) is 4.52. The molecule has 128 valence electrons. The number of nitrogens with zero attached hydrogens (tertiary/aromatic N) is 6. The molecule has 0 fully saturated rings. The van der Waals surface area contributed by atoms with Crippen LogP contribution in [0.25, 0.3) is 0 Å². The number of rotatable bonds is 5. The van der Waals surface area contributed by atoms with Crippen LogP contribution in [0.4, 0.5) is 35.2 Å². The first-order chi connectivity index (χ1) is 12.0. The number of benzene rings is 1. The van der Waals surface area contributed by atoms with Gasteiger partial charge in [0.15, 0.2) is 0 Å². The first kappa shape index (κ1) is 16.9. The number of hydrogen-bond acceptors (Lipinski definition) is 10. The lowest BCUT2D eigenvalue weighted by Gasteiger charge is -2.08. The van der Waals surface area contributed by atoms with E-state index in [4.69, 9.17) is 28.9 Å². The molecule has 25 heavy (non-hydrogen) atoms. The van der Waals surface area contributed by atoms with E-state index in [0.29, 0.717) is 11.9 Å². The van der Waals surface area contributed by atoms with Gasteiger partial charge in [0.2, 0.25) is 34.4 Å². The van der Waals surface area contributed by atoms with Crippen molar-refractivity contribution in [1.29, 1.82) is 0 Å². The van der Waals surface area contributed by atoms with E-state index in [2.05, 4.69) is 45.9 Å². The monoisotopic (exact) mass is 378 g/mol. The fourth-order valence-electron chi connectivity index (χ4n) is 1.83. The van der Waals surface area contributed by atoms with Gasteiger partial charge in [-0.1, -0.05) is 0 Å². The summed E-state index contributed by atoms with van der Waals surface area (Å²) in [6.45, 7) is 0. The van der Waals surface area contributed by atoms with Crippen molar-refractivity contribution in [2.24, 2.45) is 0 Å². The van der Waals surface area contributed by atoms with E-state index >= 15 is 0 Å². The Morgan fingerprint density at radius 1 is 0.720 bits per heavy atom. The first-order valence-corrected chi connectivity index (χ1v) is 7.68. The highest BCUT2D eigenvalue weighted by Crippen LogP contribution is 2.20. The average Bonchev–Trinajstić information content (AvgIpc) is 2.55. The Bertz CT molecular complexity index is 866. The molecule has 0 spiro atoms. The van der Waals surface area contributed by atoms with Gasteiger partial charge in [0, 0.05) is 18.4 Å². The molecule has 0 radical (unpaired) electrons. The fraction of sp³-hybridized carbons (Fsp3) is 0.0769. The molecule has 1 aromatic carbocycles. The smallest absolute Gasteiger partial charge is 0.233 e. The van der Waals surface area contributed by atoms with E-state index in [1.165, 1.54) is 0 Å². The van der Waals surface area contributed by atoms with Gasteiger partial charge in [-0.25, -0.2) is 0 Å². The van der Waals surface area contributed by atoms with Gasteiger partial charge in [0.25, 0.3) is 0 Å². The zero-order valence-corrected chi connectivity index (χ0v) is 14.3. The van der Waals surface area contributed by atoms with Gasteiger partial charge >= 0.3 is 0 Å². The van der Waals surface area contributed by atoms with Gasteiger partial charge in [0.05, 0.1) is 0 Å². The van der Waals surface area contributed by atoms with Crippen molar-refractivity contribution in [2.45, 2.75) is 0 Å². The molecule has 2 heterocycles. The van der Waals surface area contributed by atoms with Gasteiger partial charge < -0.3 is 21.7 Å². The van der Waals surface area contributed by atoms with Crippen LogP contribution in [-0.4, -0.2) is 37.0 Å². The summed E-state index contributed by atoms with van der Waals surface area (Å²) in [4.78, 5) is 23.7. The first-order valence-electron chi connectivity index (χ1n) is 6.92. The topological polar surface area (TPSA) is 139 Å². The van der Waals surface area contributed by atoms with E-state index in [0.717, 1.165) is 11.4 Å². The normalized spacial score (nSPS) is 10.4. The average molecular weight is 379 g/mol. The summed E-state index contributed by atoms with van der Waals surface area (Å²) in [5.41, 5.74) is 7.01. The van der Waals surface area contributed by atoms with Gasteiger partial charge in [-0.2, -0.15) is 29.9 Å². The highest BCUT2D eigenvalue weighted by molar-refractivity contribution is 6.28. The summed E-state index contributed by atoms with van der Waals surface area (Å²) in [6, 6.07) is 7.23. The molecule has 5 N–H and O–H groups in total. The minimum absolute atomic E-state index is 0.0142. The highest BCUT2D eigenvalue weighted by Gasteiger charge is 2.06. The van der Waals surface area contributed by atoms with Crippen LogP contribution in [0.15, 0.2) is 24.3 Å². The Balaban J connectivity index is 1.73. The zero-order chi connectivity index (χ0) is 17.8. The standard InChI is InChI=1S/C13H12Cl2N10/c1-17-11-21-9(15)23-13(25-11)19-7-4-2-6(3-5-7)18-12-22-8(14)20-10(16)24-12/h2-5H,1H3,(H3,16,18,20,22,24)(H2,17,19,21,23,25). The van der Waals surface area contributed by atoms with Crippen molar-refractivity contribution in [3.63, 3.8) is 0 Å². The van der Waals surface area contributed by atoms with Gasteiger partial charge in [0.1, 0.15) is 0 Å². The third-order valence-electron chi connectivity index (χ3n) is 2.85. The van der Waals surface area contributed by atoms with E-state index in [1.807, 2.05) is 12.1 Å². The largest absolute Gasteiger partial charge is 0.368 e. The number of aromatic nitrogens is 6. The summed E-state index contributed by atoms with van der Waals surface area (Å²) < 4.78 is 0. The quantitative estimate of drug-likeness (QED) is 0.523. The van der Waals surface area contributed by atoms with Gasteiger partial charge in [-0.3, -0.25) is 0 Å².